The molecule has 1 aliphatic rings. The molecule has 1 aromatic rings. The fourth-order valence-electron chi connectivity index (χ4n) is 2.17. The van der Waals surface area contributed by atoms with Crippen LogP contribution < -0.4 is 4.90 Å². The molecule has 1 aliphatic heterocycles. The zero-order valence-electron chi connectivity index (χ0n) is 9.25. The van der Waals surface area contributed by atoms with E-state index in [0.29, 0.717) is 0 Å². The van der Waals surface area contributed by atoms with Crippen molar-refractivity contribution in [3.8, 4) is 6.07 Å². The number of benzene rings is 1. The molecule has 0 aromatic heterocycles. The van der Waals surface area contributed by atoms with Crippen LogP contribution in [0.2, 0.25) is 0 Å². The molecule has 0 atom stereocenters. The summed E-state index contributed by atoms with van der Waals surface area (Å²) < 4.78 is 1.05. The van der Waals surface area contributed by atoms with Gasteiger partial charge in [-0.05, 0) is 31.0 Å². The lowest BCUT2D eigenvalue weighted by atomic mass is 10.1. The topological polar surface area (TPSA) is 27.0 Å². The van der Waals surface area contributed by atoms with E-state index >= 15 is 0 Å². The third-order valence-electron chi connectivity index (χ3n) is 3.03. The minimum Gasteiger partial charge on any atom is -0.370 e. The molecule has 0 N–H and O–H groups in total. The maximum Gasteiger partial charge on any atom is 0.101 e. The molecule has 16 heavy (non-hydrogen) atoms. The lowest BCUT2D eigenvalue weighted by molar-refractivity contribution is 0.726. The van der Waals surface area contributed by atoms with Crippen molar-refractivity contribution in [2.45, 2.75) is 25.7 Å². The first kappa shape index (κ1) is 11.5. The number of halogens is 1. The minimum absolute atomic E-state index is 0.783. The van der Waals surface area contributed by atoms with Crippen LogP contribution in [0.1, 0.15) is 31.2 Å². The summed E-state index contributed by atoms with van der Waals surface area (Å²) in [7, 11) is 0. The molecule has 0 spiro atoms. The van der Waals surface area contributed by atoms with Crippen LogP contribution in [-0.4, -0.2) is 13.1 Å². The van der Waals surface area contributed by atoms with Crippen molar-refractivity contribution >= 4 is 21.6 Å². The van der Waals surface area contributed by atoms with Crippen LogP contribution >= 0.6 is 15.9 Å². The van der Waals surface area contributed by atoms with Gasteiger partial charge >= 0.3 is 0 Å². The van der Waals surface area contributed by atoms with E-state index in [2.05, 4.69) is 33.0 Å². The quantitative estimate of drug-likeness (QED) is 0.783. The zero-order valence-corrected chi connectivity index (χ0v) is 10.8. The highest BCUT2D eigenvalue weighted by Gasteiger charge is 2.13. The number of anilines is 1. The normalized spacial score (nSPS) is 16.6. The molecule has 0 unspecified atom stereocenters. The van der Waals surface area contributed by atoms with Gasteiger partial charge in [0.1, 0.15) is 6.07 Å². The van der Waals surface area contributed by atoms with Crippen LogP contribution in [-0.2, 0) is 0 Å². The monoisotopic (exact) mass is 278 g/mol. The van der Waals surface area contributed by atoms with Gasteiger partial charge in [-0.2, -0.15) is 5.26 Å². The van der Waals surface area contributed by atoms with E-state index in [1.165, 1.54) is 25.7 Å². The molecule has 0 radical (unpaired) electrons. The molecule has 3 heteroatoms. The third-order valence-corrected chi connectivity index (χ3v) is 3.52. The largest absolute Gasteiger partial charge is 0.370 e. The smallest absolute Gasteiger partial charge is 0.101 e. The Labute approximate surface area is 105 Å². The molecule has 1 saturated heterocycles. The highest BCUT2D eigenvalue weighted by atomic mass is 79.9. The summed E-state index contributed by atoms with van der Waals surface area (Å²) in [5, 5.41) is 9.12. The second kappa shape index (κ2) is 5.36. The van der Waals surface area contributed by atoms with Crippen molar-refractivity contribution in [3.05, 3.63) is 28.2 Å². The first-order valence-corrected chi connectivity index (χ1v) is 6.55. The molecule has 84 valence electrons. The lowest BCUT2D eigenvalue weighted by Gasteiger charge is -2.23. The van der Waals surface area contributed by atoms with Crippen LogP contribution in [0.5, 0.6) is 0 Å². The average molecular weight is 279 g/mol. The SMILES string of the molecule is N#Cc1ccc(Br)cc1N1CCCCCC1. The number of hydrogen-bond acceptors (Lipinski definition) is 2. The number of nitrogens with zero attached hydrogens (tertiary/aromatic N) is 2. The molecule has 1 fully saturated rings. The fraction of sp³-hybridized carbons (Fsp3) is 0.462. The number of hydrogen-bond donors (Lipinski definition) is 0. The van der Waals surface area contributed by atoms with Gasteiger partial charge in [-0.1, -0.05) is 28.8 Å². The second-order valence-electron chi connectivity index (χ2n) is 4.17. The van der Waals surface area contributed by atoms with Gasteiger partial charge in [-0.25, -0.2) is 0 Å². The first-order chi connectivity index (χ1) is 7.81. The van der Waals surface area contributed by atoms with E-state index in [1.807, 2.05) is 12.1 Å². The Balaban J connectivity index is 2.30. The van der Waals surface area contributed by atoms with Gasteiger partial charge in [0.05, 0.1) is 11.3 Å². The third kappa shape index (κ3) is 2.56. The van der Waals surface area contributed by atoms with Crippen LogP contribution in [0.25, 0.3) is 0 Å². The van der Waals surface area contributed by atoms with Gasteiger partial charge < -0.3 is 4.90 Å². The van der Waals surface area contributed by atoms with Crippen molar-refractivity contribution < 1.29 is 0 Å². The summed E-state index contributed by atoms with van der Waals surface area (Å²) in [6.45, 7) is 2.15. The first-order valence-electron chi connectivity index (χ1n) is 5.76. The molecule has 0 aliphatic carbocycles. The van der Waals surface area contributed by atoms with Crippen molar-refractivity contribution in [3.63, 3.8) is 0 Å². The highest BCUT2D eigenvalue weighted by molar-refractivity contribution is 9.10. The maximum absolute atomic E-state index is 9.12. The van der Waals surface area contributed by atoms with Crippen LogP contribution in [0.15, 0.2) is 22.7 Å². The van der Waals surface area contributed by atoms with Gasteiger partial charge in [-0.15, -0.1) is 0 Å². The molecule has 0 bridgehead atoms. The molecule has 0 saturated carbocycles. The summed E-state index contributed by atoms with van der Waals surface area (Å²) in [4.78, 5) is 2.34. The molecule has 1 heterocycles. The van der Waals surface area contributed by atoms with Crippen molar-refractivity contribution in [2.75, 3.05) is 18.0 Å². The van der Waals surface area contributed by atoms with Crippen molar-refractivity contribution in [2.24, 2.45) is 0 Å². The van der Waals surface area contributed by atoms with E-state index in [4.69, 9.17) is 5.26 Å². The lowest BCUT2D eigenvalue weighted by Crippen LogP contribution is -2.24. The van der Waals surface area contributed by atoms with Crippen LogP contribution in [0.3, 0.4) is 0 Å². The molecule has 2 rings (SSSR count). The Morgan fingerprint density at radius 2 is 1.81 bits per heavy atom. The van der Waals surface area contributed by atoms with Gasteiger partial charge in [-0.3, -0.25) is 0 Å². The van der Waals surface area contributed by atoms with Gasteiger partial charge in [0, 0.05) is 17.6 Å². The van der Waals surface area contributed by atoms with Gasteiger partial charge in [0.2, 0.25) is 0 Å². The maximum atomic E-state index is 9.12. The van der Waals surface area contributed by atoms with Gasteiger partial charge in [0.25, 0.3) is 0 Å². The Kier molecular flexibility index (Phi) is 3.84. The van der Waals surface area contributed by atoms with Crippen molar-refractivity contribution in [1.82, 2.24) is 0 Å². The molecular formula is C13H15BrN2. The standard InChI is InChI=1S/C13H15BrN2/c14-12-6-5-11(10-15)13(9-12)16-7-3-1-2-4-8-16/h5-6,9H,1-4,7-8H2. The Hall–Kier alpha value is -1.01. The molecule has 2 nitrogen and oxygen atoms in total. The summed E-state index contributed by atoms with van der Waals surface area (Å²) in [6.07, 6.45) is 5.09. The second-order valence-corrected chi connectivity index (χ2v) is 5.09. The van der Waals surface area contributed by atoms with E-state index in [1.54, 1.807) is 0 Å². The van der Waals surface area contributed by atoms with E-state index in [-0.39, 0.29) is 0 Å². The summed E-state index contributed by atoms with van der Waals surface area (Å²) in [5.74, 6) is 0. The number of nitriles is 1. The van der Waals surface area contributed by atoms with Gasteiger partial charge in [0.15, 0.2) is 0 Å². The van der Waals surface area contributed by atoms with Crippen LogP contribution in [0, 0.1) is 11.3 Å². The highest BCUT2D eigenvalue weighted by Crippen LogP contribution is 2.26. The molecule has 0 amide bonds. The van der Waals surface area contributed by atoms with E-state index in [0.717, 1.165) is 28.8 Å². The summed E-state index contributed by atoms with van der Waals surface area (Å²) in [5.41, 5.74) is 1.86. The Morgan fingerprint density at radius 1 is 1.12 bits per heavy atom. The predicted octanol–water partition coefficient (Wildman–Crippen LogP) is 3.70. The zero-order chi connectivity index (χ0) is 11.4. The molecular weight excluding hydrogens is 264 g/mol. The average Bonchev–Trinajstić information content (AvgIpc) is 2.57. The van der Waals surface area contributed by atoms with E-state index in [9.17, 15) is 0 Å². The summed E-state index contributed by atoms with van der Waals surface area (Å²) in [6, 6.07) is 8.16. The summed E-state index contributed by atoms with van der Waals surface area (Å²) >= 11 is 3.48. The minimum atomic E-state index is 0.783. The molecule has 1 aromatic carbocycles. The van der Waals surface area contributed by atoms with Crippen LogP contribution in [0.4, 0.5) is 5.69 Å². The van der Waals surface area contributed by atoms with E-state index < -0.39 is 0 Å². The predicted molar refractivity (Wildman–Crippen MR) is 69.5 cm³/mol. The number of rotatable bonds is 1. The van der Waals surface area contributed by atoms with Crippen molar-refractivity contribution in [1.29, 1.82) is 5.26 Å². The Bertz CT molecular complexity index is 401. The Morgan fingerprint density at radius 3 is 2.44 bits per heavy atom. The fourth-order valence-corrected chi connectivity index (χ4v) is 2.52.